The van der Waals surface area contributed by atoms with Crippen LogP contribution in [0.5, 0.6) is 0 Å². The smallest absolute Gasteiger partial charge is 0.249 e. The van der Waals surface area contributed by atoms with Gasteiger partial charge in [-0.1, -0.05) is 6.92 Å². The molecule has 0 aromatic carbocycles. The maximum atomic E-state index is 12.3. The number of hydrogen-bond donors (Lipinski definition) is 1. The number of likely N-dealkylation sites (tertiary alicyclic amines) is 1. The predicted octanol–water partition coefficient (Wildman–Crippen LogP) is 2.57. The molecule has 1 saturated carbocycles. The number of nitrogens with one attached hydrogen (secondary N) is 1. The first-order valence-corrected chi connectivity index (χ1v) is 9.33. The van der Waals surface area contributed by atoms with Gasteiger partial charge in [0, 0.05) is 31.7 Å². The Balaban J connectivity index is 1.30. The van der Waals surface area contributed by atoms with E-state index in [-0.39, 0.29) is 17.6 Å². The summed E-state index contributed by atoms with van der Waals surface area (Å²) in [4.78, 5) is 14.8. The molecule has 2 aliphatic heterocycles. The molecule has 5 heteroatoms. The number of nitrogens with zero attached hydrogens (tertiary/aromatic N) is 1. The number of hydrogen-bond acceptors (Lipinski definition) is 4. The van der Waals surface area contributed by atoms with Crippen molar-refractivity contribution in [3.63, 3.8) is 0 Å². The average Bonchev–Trinajstić information content (AvgIpc) is 3.07. The van der Waals surface area contributed by atoms with Crippen LogP contribution >= 0.6 is 0 Å². The molecule has 1 aromatic heterocycles. The highest BCUT2D eigenvalue weighted by Crippen LogP contribution is 2.42. The van der Waals surface area contributed by atoms with Crippen LogP contribution in [0.1, 0.15) is 44.6 Å². The largest absolute Gasteiger partial charge is 0.472 e. The van der Waals surface area contributed by atoms with Gasteiger partial charge in [0.1, 0.15) is 6.10 Å². The lowest BCUT2D eigenvalue weighted by molar-refractivity contribution is -0.147. The second kappa shape index (κ2) is 6.52. The van der Waals surface area contributed by atoms with Crippen molar-refractivity contribution in [1.82, 2.24) is 10.2 Å². The first-order valence-electron chi connectivity index (χ1n) is 9.33. The summed E-state index contributed by atoms with van der Waals surface area (Å²) in [6.07, 6.45) is 8.72. The molecular weight excluding hydrogens is 304 g/mol. The first kappa shape index (κ1) is 16.2. The lowest BCUT2D eigenvalue weighted by atomic mass is 9.80. The predicted molar refractivity (Wildman–Crippen MR) is 90.3 cm³/mol. The molecule has 2 saturated heterocycles. The summed E-state index contributed by atoms with van der Waals surface area (Å²) in [7, 11) is 0. The Bertz CT molecular complexity index is 569. The van der Waals surface area contributed by atoms with Crippen molar-refractivity contribution >= 4 is 5.91 Å². The van der Waals surface area contributed by atoms with Crippen LogP contribution in [0, 0.1) is 11.8 Å². The van der Waals surface area contributed by atoms with Crippen molar-refractivity contribution in [2.75, 3.05) is 19.6 Å². The molecule has 0 unspecified atom stereocenters. The summed E-state index contributed by atoms with van der Waals surface area (Å²) in [6, 6.07) is 2.03. The third-order valence-corrected chi connectivity index (χ3v) is 6.03. The Morgan fingerprint density at radius 1 is 1.38 bits per heavy atom. The van der Waals surface area contributed by atoms with E-state index < -0.39 is 0 Å². The SMILES string of the molecule is C[C@@H]1CN(Cc2ccoc2)CC[C@@]12CC[C@@H](C(=O)NCC1CC1)O2. The first-order chi connectivity index (χ1) is 11.6. The molecule has 1 aliphatic carbocycles. The zero-order valence-electron chi connectivity index (χ0n) is 14.5. The van der Waals surface area contributed by atoms with Crippen molar-refractivity contribution in [3.05, 3.63) is 24.2 Å². The molecule has 0 bridgehead atoms. The fourth-order valence-corrected chi connectivity index (χ4v) is 4.21. The molecule has 1 N–H and O–H groups in total. The van der Waals surface area contributed by atoms with Gasteiger partial charge in [-0.3, -0.25) is 9.69 Å². The standard InChI is InChI=1S/C19H28N2O3/c1-14-11-21(12-16-5-9-23-13-16)8-7-19(14)6-4-17(24-19)18(22)20-10-15-2-3-15/h5,9,13-15,17H,2-4,6-8,10-12H2,1H3,(H,20,22)/t14-,17+,19+/m1/s1. The van der Waals surface area contributed by atoms with Crippen molar-refractivity contribution in [2.45, 2.75) is 57.3 Å². The summed E-state index contributed by atoms with van der Waals surface area (Å²) in [6.45, 7) is 6.07. The van der Waals surface area contributed by atoms with Gasteiger partial charge >= 0.3 is 0 Å². The fraction of sp³-hybridized carbons (Fsp3) is 0.737. The van der Waals surface area contributed by atoms with E-state index in [1.54, 1.807) is 6.26 Å². The maximum Gasteiger partial charge on any atom is 0.249 e. The van der Waals surface area contributed by atoms with Crippen molar-refractivity contribution in [1.29, 1.82) is 0 Å². The van der Waals surface area contributed by atoms with Gasteiger partial charge < -0.3 is 14.5 Å². The lowest BCUT2D eigenvalue weighted by Crippen LogP contribution is -2.51. The van der Waals surface area contributed by atoms with Gasteiger partial charge in [-0.2, -0.15) is 0 Å². The third-order valence-electron chi connectivity index (χ3n) is 6.03. The second-order valence-electron chi connectivity index (χ2n) is 7.92. The van der Waals surface area contributed by atoms with Crippen molar-refractivity contribution in [3.8, 4) is 0 Å². The van der Waals surface area contributed by atoms with E-state index in [1.165, 1.54) is 18.4 Å². The van der Waals surface area contributed by atoms with E-state index in [0.717, 1.165) is 51.4 Å². The van der Waals surface area contributed by atoms with Crippen LogP contribution in [-0.4, -0.2) is 42.1 Å². The van der Waals surface area contributed by atoms with E-state index in [9.17, 15) is 4.79 Å². The Labute approximate surface area is 143 Å². The molecule has 3 fully saturated rings. The highest BCUT2D eigenvalue weighted by Gasteiger charge is 2.48. The van der Waals surface area contributed by atoms with Gasteiger partial charge in [0.25, 0.3) is 0 Å². The number of amides is 1. The summed E-state index contributed by atoms with van der Waals surface area (Å²) < 4.78 is 11.5. The Hall–Kier alpha value is -1.33. The fourth-order valence-electron chi connectivity index (χ4n) is 4.21. The minimum Gasteiger partial charge on any atom is -0.472 e. The van der Waals surface area contributed by atoms with Crippen molar-refractivity contribution in [2.24, 2.45) is 11.8 Å². The summed E-state index contributed by atoms with van der Waals surface area (Å²) >= 11 is 0. The van der Waals surface area contributed by atoms with Crippen LogP contribution in [-0.2, 0) is 16.1 Å². The normalized spacial score (nSPS) is 33.9. The van der Waals surface area contributed by atoms with Gasteiger partial charge in [-0.25, -0.2) is 0 Å². The molecule has 3 heterocycles. The molecule has 0 radical (unpaired) electrons. The van der Waals surface area contributed by atoms with Gasteiger partial charge in [0.05, 0.1) is 18.1 Å². The maximum absolute atomic E-state index is 12.3. The molecule has 24 heavy (non-hydrogen) atoms. The topological polar surface area (TPSA) is 54.7 Å². The van der Waals surface area contributed by atoms with E-state index >= 15 is 0 Å². The molecular formula is C19H28N2O3. The Morgan fingerprint density at radius 2 is 2.25 bits per heavy atom. The van der Waals surface area contributed by atoms with Crippen LogP contribution in [0.25, 0.3) is 0 Å². The van der Waals surface area contributed by atoms with Crippen molar-refractivity contribution < 1.29 is 13.9 Å². The number of carbonyl (C=O) groups excluding carboxylic acids is 1. The highest BCUT2D eigenvalue weighted by molar-refractivity contribution is 5.81. The monoisotopic (exact) mass is 332 g/mol. The van der Waals surface area contributed by atoms with Crippen LogP contribution < -0.4 is 5.32 Å². The average molecular weight is 332 g/mol. The molecule has 1 spiro atoms. The zero-order chi connectivity index (χ0) is 16.6. The van der Waals surface area contributed by atoms with E-state index in [0.29, 0.717) is 5.92 Å². The molecule has 5 nitrogen and oxygen atoms in total. The van der Waals surface area contributed by atoms with Gasteiger partial charge in [0.15, 0.2) is 0 Å². The summed E-state index contributed by atoms with van der Waals surface area (Å²) in [5, 5.41) is 3.08. The minimum absolute atomic E-state index is 0.103. The number of carbonyl (C=O) groups is 1. The third kappa shape index (κ3) is 3.38. The lowest BCUT2D eigenvalue weighted by Gasteiger charge is -2.44. The van der Waals surface area contributed by atoms with Gasteiger partial charge in [-0.05, 0) is 50.0 Å². The number of furan rings is 1. The molecule has 4 rings (SSSR count). The van der Waals surface area contributed by atoms with Crippen LogP contribution in [0.4, 0.5) is 0 Å². The number of rotatable bonds is 5. The summed E-state index contributed by atoms with van der Waals surface area (Å²) in [5.41, 5.74) is 1.12. The van der Waals surface area contributed by atoms with Gasteiger partial charge in [-0.15, -0.1) is 0 Å². The molecule has 3 atom stereocenters. The van der Waals surface area contributed by atoms with Crippen LogP contribution in [0.2, 0.25) is 0 Å². The number of piperidine rings is 1. The van der Waals surface area contributed by atoms with E-state index in [1.807, 2.05) is 12.3 Å². The highest BCUT2D eigenvalue weighted by atomic mass is 16.5. The molecule has 132 valence electrons. The molecule has 3 aliphatic rings. The number of ether oxygens (including phenoxy) is 1. The van der Waals surface area contributed by atoms with Crippen LogP contribution in [0.15, 0.2) is 23.0 Å². The summed E-state index contributed by atoms with van der Waals surface area (Å²) in [5.74, 6) is 1.26. The molecule has 1 aromatic rings. The van der Waals surface area contributed by atoms with E-state index in [4.69, 9.17) is 9.15 Å². The Kier molecular flexibility index (Phi) is 4.39. The van der Waals surface area contributed by atoms with Gasteiger partial charge in [0.2, 0.25) is 5.91 Å². The minimum atomic E-state index is -0.244. The molecule has 1 amide bonds. The van der Waals surface area contributed by atoms with E-state index in [2.05, 4.69) is 17.1 Å². The van der Waals surface area contributed by atoms with Crippen LogP contribution in [0.3, 0.4) is 0 Å². The quantitative estimate of drug-likeness (QED) is 0.900. The Morgan fingerprint density at radius 3 is 2.96 bits per heavy atom. The zero-order valence-corrected chi connectivity index (χ0v) is 14.5. The second-order valence-corrected chi connectivity index (χ2v) is 7.92.